The zero-order valence-electron chi connectivity index (χ0n) is 11.1. The minimum Gasteiger partial charge on any atom is -0.368 e. The number of aromatic nitrogens is 2. The lowest BCUT2D eigenvalue weighted by atomic mass is 10.2. The Kier molecular flexibility index (Phi) is 4.33. The van der Waals surface area contributed by atoms with Crippen molar-refractivity contribution in [2.24, 2.45) is 5.84 Å². The van der Waals surface area contributed by atoms with Gasteiger partial charge in [-0.05, 0) is 39.8 Å². The van der Waals surface area contributed by atoms with Crippen LogP contribution in [0.1, 0.15) is 25.3 Å². The average Bonchev–Trinajstić information content (AvgIpc) is 2.91. The van der Waals surface area contributed by atoms with E-state index in [-0.39, 0.29) is 0 Å². The lowest BCUT2D eigenvalue weighted by Gasteiger charge is -2.24. The number of nitrogens with zero attached hydrogens (tertiary/aromatic N) is 3. The summed E-state index contributed by atoms with van der Waals surface area (Å²) in [5.74, 6) is 6.92. The van der Waals surface area contributed by atoms with Crippen LogP contribution in [0.25, 0.3) is 0 Å². The predicted molar refractivity (Wildman–Crippen MR) is 73.3 cm³/mol. The van der Waals surface area contributed by atoms with Crippen LogP contribution < -0.4 is 16.6 Å². The molecule has 2 heterocycles. The number of likely N-dealkylation sites (tertiary alicyclic amines) is 1. The molecule has 18 heavy (non-hydrogen) atoms. The minimum absolute atomic E-state index is 0.524. The molecule has 0 amide bonds. The lowest BCUT2D eigenvalue weighted by molar-refractivity contribution is 0.269. The predicted octanol–water partition coefficient (Wildman–Crippen LogP) is 0.967. The third-order valence-electron chi connectivity index (χ3n) is 3.55. The maximum atomic E-state index is 5.40. The summed E-state index contributed by atoms with van der Waals surface area (Å²) >= 11 is 0. The van der Waals surface area contributed by atoms with Crippen molar-refractivity contribution in [3.8, 4) is 0 Å². The fourth-order valence-electron chi connectivity index (χ4n) is 2.33. The third-order valence-corrected chi connectivity index (χ3v) is 3.55. The summed E-state index contributed by atoms with van der Waals surface area (Å²) in [6, 6.07) is 0.524. The molecule has 1 aliphatic rings. The van der Waals surface area contributed by atoms with Crippen LogP contribution in [0.5, 0.6) is 0 Å². The molecule has 100 valence electrons. The van der Waals surface area contributed by atoms with Gasteiger partial charge in [-0.3, -0.25) is 4.90 Å². The zero-order chi connectivity index (χ0) is 13.0. The maximum Gasteiger partial charge on any atom is 0.148 e. The van der Waals surface area contributed by atoms with Gasteiger partial charge in [-0.2, -0.15) is 0 Å². The van der Waals surface area contributed by atoms with Crippen LogP contribution in [0.4, 0.5) is 11.6 Å². The molecule has 0 aromatic carbocycles. The molecule has 1 aromatic heterocycles. The van der Waals surface area contributed by atoms with Gasteiger partial charge in [0.1, 0.15) is 18.0 Å². The Hall–Kier alpha value is -1.40. The van der Waals surface area contributed by atoms with Crippen LogP contribution in [0.15, 0.2) is 6.33 Å². The van der Waals surface area contributed by atoms with E-state index in [1.807, 2.05) is 6.92 Å². The Bertz CT molecular complexity index is 388. The molecule has 1 aliphatic heterocycles. The largest absolute Gasteiger partial charge is 0.368 e. The van der Waals surface area contributed by atoms with E-state index in [2.05, 4.69) is 32.5 Å². The highest BCUT2D eigenvalue weighted by Gasteiger charge is 2.18. The van der Waals surface area contributed by atoms with Gasteiger partial charge in [0.15, 0.2) is 0 Å². The second-order valence-corrected chi connectivity index (χ2v) is 4.81. The standard InChI is InChI=1S/C12H22N6/c1-9(18-5-3-4-6-18)7-14-11-10(2)12(17-13)16-8-15-11/h8-9H,3-7,13H2,1-2H3,(H2,14,15,16,17). The van der Waals surface area contributed by atoms with Gasteiger partial charge in [-0.25, -0.2) is 15.8 Å². The summed E-state index contributed by atoms with van der Waals surface area (Å²) in [6.07, 6.45) is 4.15. The van der Waals surface area contributed by atoms with Gasteiger partial charge in [-0.15, -0.1) is 0 Å². The minimum atomic E-state index is 0.524. The Morgan fingerprint density at radius 3 is 2.67 bits per heavy atom. The molecule has 6 heteroatoms. The second-order valence-electron chi connectivity index (χ2n) is 4.81. The van der Waals surface area contributed by atoms with Gasteiger partial charge >= 0.3 is 0 Å². The van der Waals surface area contributed by atoms with E-state index in [9.17, 15) is 0 Å². The molecule has 1 aromatic rings. The first-order valence-corrected chi connectivity index (χ1v) is 6.48. The number of nitrogens with two attached hydrogens (primary N) is 1. The summed E-state index contributed by atoms with van der Waals surface area (Å²) in [7, 11) is 0. The summed E-state index contributed by atoms with van der Waals surface area (Å²) in [4.78, 5) is 10.8. The van der Waals surface area contributed by atoms with Crippen molar-refractivity contribution in [3.05, 3.63) is 11.9 Å². The topological polar surface area (TPSA) is 79.1 Å². The molecule has 0 spiro atoms. The molecule has 1 atom stereocenters. The Balaban J connectivity index is 1.93. The van der Waals surface area contributed by atoms with Crippen LogP contribution >= 0.6 is 0 Å². The smallest absolute Gasteiger partial charge is 0.148 e. The summed E-state index contributed by atoms with van der Waals surface area (Å²) < 4.78 is 0. The molecule has 1 unspecified atom stereocenters. The van der Waals surface area contributed by atoms with Gasteiger partial charge in [-0.1, -0.05) is 0 Å². The summed E-state index contributed by atoms with van der Waals surface area (Å²) in [5, 5.41) is 3.38. The molecule has 1 fully saturated rings. The molecular weight excluding hydrogens is 228 g/mol. The maximum absolute atomic E-state index is 5.40. The summed E-state index contributed by atoms with van der Waals surface area (Å²) in [5.41, 5.74) is 3.53. The van der Waals surface area contributed by atoms with Crippen molar-refractivity contribution in [1.82, 2.24) is 14.9 Å². The van der Waals surface area contributed by atoms with E-state index < -0.39 is 0 Å². The van der Waals surface area contributed by atoms with Gasteiger partial charge in [0.05, 0.1) is 0 Å². The lowest BCUT2D eigenvalue weighted by Crippen LogP contribution is -2.35. The number of hydrogen-bond acceptors (Lipinski definition) is 6. The van der Waals surface area contributed by atoms with Crippen molar-refractivity contribution >= 4 is 11.6 Å². The fourth-order valence-corrected chi connectivity index (χ4v) is 2.33. The Morgan fingerprint density at radius 2 is 2.00 bits per heavy atom. The summed E-state index contributed by atoms with van der Waals surface area (Å²) in [6.45, 7) is 7.51. The molecule has 4 N–H and O–H groups in total. The van der Waals surface area contributed by atoms with E-state index in [0.717, 1.165) is 17.9 Å². The molecular formula is C12H22N6. The molecule has 0 aliphatic carbocycles. The van der Waals surface area contributed by atoms with Gasteiger partial charge < -0.3 is 10.7 Å². The Morgan fingerprint density at radius 1 is 1.33 bits per heavy atom. The van der Waals surface area contributed by atoms with Gasteiger partial charge in [0.2, 0.25) is 0 Å². The van der Waals surface area contributed by atoms with Crippen molar-refractivity contribution in [2.75, 3.05) is 30.4 Å². The Labute approximate surface area is 108 Å². The van der Waals surface area contributed by atoms with Crippen LogP contribution in [0.2, 0.25) is 0 Å². The monoisotopic (exact) mass is 250 g/mol. The normalized spacial score (nSPS) is 17.7. The molecule has 6 nitrogen and oxygen atoms in total. The molecule has 0 radical (unpaired) electrons. The number of nitrogens with one attached hydrogen (secondary N) is 2. The first kappa shape index (κ1) is 13.0. The van der Waals surface area contributed by atoms with E-state index in [0.29, 0.717) is 11.9 Å². The van der Waals surface area contributed by atoms with Crippen molar-refractivity contribution in [3.63, 3.8) is 0 Å². The first-order valence-electron chi connectivity index (χ1n) is 6.48. The number of rotatable bonds is 5. The number of hydrogen-bond donors (Lipinski definition) is 3. The third kappa shape index (κ3) is 2.88. The number of nitrogen functional groups attached to an aromatic ring is 1. The average molecular weight is 250 g/mol. The SMILES string of the molecule is Cc1c(NN)ncnc1NCC(C)N1CCCC1. The van der Waals surface area contributed by atoms with Crippen molar-refractivity contribution in [1.29, 1.82) is 0 Å². The van der Waals surface area contributed by atoms with Crippen LogP contribution in [0, 0.1) is 6.92 Å². The zero-order valence-corrected chi connectivity index (χ0v) is 11.1. The molecule has 2 rings (SSSR count). The van der Waals surface area contributed by atoms with Gasteiger partial charge in [0.25, 0.3) is 0 Å². The van der Waals surface area contributed by atoms with E-state index in [1.165, 1.54) is 32.3 Å². The first-order chi connectivity index (χ1) is 8.72. The van der Waals surface area contributed by atoms with Crippen LogP contribution in [-0.2, 0) is 0 Å². The van der Waals surface area contributed by atoms with Crippen molar-refractivity contribution < 1.29 is 0 Å². The van der Waals surface area contributed by atoms with E-state index >= 15 is 0 Å². The van der Waals surface area contributed by atoms with Gasteiger partial charge in [0, 0.05) is 18.2 Å². The molecule has 0 bridgehead atoms. The number of anilines is 2. The van der Waals surface area contributed by atoms with E-state index in [4.69, 9.17) is 5.84 Å². The highest BCUT2D eigenvalue weighted by molar-refractivity contribution is 5.55. The quantitative estimate of drug-likeness (QED) is 0.534. The number of hydrazine groups is 1. The van der Waals surface area contributed by atoms with Crippen molar-refractivity contribution in [2.45, 2.75) is 32.7 Å². The molecule has 1 saturated heterocycles. The second kappa shape index (κ2) is 5.97. The highest BCUT2D eigenvalue weighted by atomic mass is 15.3. The highest BCUT2D eigenvalue weighted by Crippen LogP contribution is 2.18. The fraction of sp³-hybridized carbons (Fsp3) is 0.667. The van der Waals surface area contributed by atoms with Crippen LogP contribution in [0.3, 0.4) is 0 Å². The molecule has 0 saturated carbocycles. The van der Waals surface area contributed by atoms with Crippen LogP contribution in [-0.4, -0.2) is 40.5 Å². The van der Waals surface area contributed by atoms with E-state index in [1.54, 1.807) is 0 Å².